The summed E-state index contributed by atoms with van der Waals surface area (Å²) >= 11 is 0. The molecule has 0 unspecified atom stereocenters. The number of hydrogen-bond donors (Lipinski definition) is 1. The second-order valence-electron chi connectivity index (χ2n) is 4.71. The molecule has 0 atom stereocenters. The van der Waals surface area contributed by atoms with E-state index in [0.717, 1.165) is 6.07 Å². The number of phenols is 1. The molecular formula is C17H12N2O5. The number of allylic oxidation sites excluding steroid dienone is 1. The minimum absolute atomic E-state index is 0.125. The third-order valence-corrected chi connectivity index (χ3v) is 3.21. The van der Waals surface area contributed by atoms with Gasteiger partial charge in [0.2, 0.25) is 11.5 Å². The SMILES string of the molecule is COc1cc(/C=C(\C#N)C(=O)c2ccccc2)cc([N+](=O)[O-])c1O. The van der Waals surface area contributed by atoms with E-state index >= 15 is 0 Å². The Bertz CT molecular complexity index is 867. The number of aromatic hydroxyl groups is 1. The number of phenolic OH excluding ortho intramolecular Hbond substituents is 1. The maximum absolute atomic E-state index is 12.3. The smallest absolute Gasteiger partial charge is 0.315 e. The highest BCUT2D eigenvalue weighted by atomic mass is 16.6. The molecule has 0 aliphatic carbocycles. The Morgan fingerprint density at radius 3 is 2.54 bits per heavy atom. The summed E-state index contributed by atoms with van der Waals surface area (Å²) in [6.45, 7) is 0. The van der Waals surface area contributed by atoms with E-state index in [9.17, 15) is 25.3 Å². The van der Waals surface area contributed by atoms with Gasteiger partial charge in [-0.05, 0) is 17.7 Å². The molecule has 0 aliphatic heterocycles. The van der Waals surface area contributed by atoms with Crippen LogP contribution in [-0.2, 0) is 0 Å². The molecule has 2 aromatic rings. The third-order valence-electron chi connectivity index (χ3n) is 3.21. The van der Waals surface area contributed by atoms with Crippen LogP contribution in [0.3, 0.4) is 0 Å². The minimum Gasteiger partial charge on any atom is -0.500 e. The number of hydrogen-bond acceptors (Lipinski definition) is 6. The van der Waals surface area contributed by atoms with E-state index in [4.69, 9.17) is 4.74 Å². The Morgan fingerprint density at radius 2 is 2.00 bits per heavy atom. The Morgan fingerprint density at radius 1 is 1.33 bits per heavy atom. The van der Waals surface area contributed by atoms with Gasteiger partial charge in [-0.2, -0.15) is 5.26 Å². The molecule has 0 fully saturated rings. The molecular weight excluding hydrogens is 312 g/mol. The number of nitrogens with zero attached hydrogens (tertiary/aromatic N) is 2. The van der Waals surface area contributed by atoms with Crippen molar-refractivity contribution < 1.29 is 19.6 Å². The van der Waals surface area contributed by atoms with Crippen LogP contribution in [0.25, 0.3) is 6.08 Å². The van der Waals surface area contributed by atoms with Crippen molar-refractivity contribution in [2.75, 3.05) is 7.11 Å². The molecule has 0 amide bonds. The topological polar surface area (TPSA) is 113 Å². The van der Waals surface area contributed by atoms with Crippen LogP contribution in [-0.4, -0.2) is 22.9 Å². The van der Waals surface area contributed by atoms with E-state index in [1.54, 1.807) is 36.4 Å². The zero-order chi connectivity index (χ0) is 17.7. The van der Waals surface area contributed by atoms with Crippen molar-refractivity contribution in [1.29, 1.82) is 5.26 Å². The van der Waals surface area contributed by atoms with Crippen LogP contribution in [0.15, 0.2) is 48.0 Å². The fraction of sp³-hybridized carbons (Fsp3) is 0.0588. The quantitative estimate of drug-likeness (QED) is 0.297. The Hall–Kier alpha value is -3.66. The first kappa shape index (κ1) is 16.7. The summed E-state index contributed by atoms with van der Waals surface area (Å²) in [6, 6.07) is 12.3. The molecule has 0 aliphatic rings. The Kier molecular flexibility index (Phi) is 4.92. The van der Waals surface area contributed by atoms with Gasteiger partial charge in [-0.1, -0.05) is 30.3 Å². The van der Waals surface area contributed by atoms with Gasteiger partial charge in [0, 0.05) is 11.6 Å². The number of ketones is 1. The van der Waals surface area contributed by atoms with Gasteiger partial charge < -0.3 is 9.84 Å². The largest absolute Gasteiger partial charge is 0.500 e. The molecule has 0 saturated heterocycles. The number of benzene rings is 2. The maximum Gasteiger partial charge on any atom is 0.315 e. The van der Waals surface area contributed by atoms with Crippen LogP contribution in [0.2, 0.25) is 0 Å². The summed E-state index contributed by atoms with van der Waals surface area (Å²) < 4.78 is 4.89. The lowest BCUT2D eigenvalue weighted by Gasteiger charge is -2.06. The van der Waals surface area contributed by atoms with E-state index in [1.165, 1.54) is 19.3 Å². The number of nitriles is 1. The molecule has 2 aromatic carbocycles. The fourth-order valence-electron chi connectivity index (χ4n) is 2.05. The monoisotopic (exact) mass is 324 g/mol. The number of carbonyl (C=O) groups is 1. The van der Waals surface area contributed by atoms with Crippen LogP contribution >= 0.6 is 0 Å². The first-order valence-corrected chi connectivity index (χ1v) is 6.75. The highest BCUT2D eigenvalue weighted by Crippen LogP contribution is 2.37. The number of rotatable bonds is 5. The summed E-state index contributed by atoms with van der Waals surface area (Å²) in [4.78, 5) is 22.5. The lowest BCUT2D eigenvalue weighted by Crippen LogP contribution is -2.01. The Balaban J connectivity index is 2.52. The number of carbonyl (C=O) groups excluding carboxylic acids is 1. The average molecular weight is 324 g/mol. The van der Waals surface area contributed by atoms with Gasteiger partial charge in [0.1, 0.15) is 11.6 Å². The zero-order valence-corrected chi connectivity index (χ0v) is 12.6. The molecule has 7 nitrogen and oxygen atoms in total. The van der Waals surface area contributed by atoms with Crippen molar-refractivity contribution in [3.63, 3.8) is 0 Å². The minimum atomic E-state index is -0.778. The van der Waals surface area contributed by atoms with Crippen molar-refractivity contribution in [2.24, 2.45) is 0 Å². The van der Waals surface area contributed by atoms with Gasteiger partial charge >= 0.3 is 5.69 Å². The van der Waals surface area contributed by atoms with E-state index in [0.29, 0.717) is 5.56 Å². The summed E-state index contributed by atoms with van der Waals surface area (Å²) in [6.07, 6.45) is 1.21. The molecule has 0 bridgehead atoms. The van der Waals surface area contributed by atoms with E-state index < -0.39 is 22.1 Å². The molecule has 0 spiro atoms. The van der Waals surface area contributed by atoms with Gasteiger partial charge in [0.25, 0.3) is 0 Å². The van der Waals surface area contributed by atoms with Crippen molar-refractivity contribution in [3.8, 4) is 17.6 Å². The zero-order valence-electron chi connectivity index (χ0n) is 12.6. The molecule has 0 radical (unpaired) electrons. The van der Waals surface area contributed by atoms with Crippen LogP contribution in [0.5, 0.6) is 11.5 Å². The summed E-state index contributed by atoms with van der Waals surface area (Å²) in [5.74, 6) is -1.25. The second kappa shape index (κ2) is 7.07. The maximum atomic E-state index is 12.3. The van der Waals surface area contributed by atoms with Gasteiger partial charge in [-0.3, -0.25) is 14.9 Å². The Labute approximate surface area is 137 Å². The van der Waals surface area contributed by atoms with E-state index in [2.05, 4.69) is 0 Å². The molecule has 24 heavy (non-hydrogen) atoms. The molecule has 2 rings (SSSR count). The number of methoxy groups -OCH3 is 1. The lowest BCUT2D eigenvalue weighted by molar-refractivity contribution is -0.386. The molecule has 0 saturated carbocycles. The van der Waals surface area contributed by atoms with Gasteiger partial charge in [0.05, 0.1) is 12.0 Å². The van der Waals surface area contributed by atoms with Gasteiger partial charge in [-0.15, -0.1) is 0 Å². The molecule has 120 valence electrons. The lowest BCUT2D eigenvalue weighted by atomic mass is 10.0. The summed E-state index contributed by atoms with van der Waals surface area (Å²) in [7, 11) is 1.24. The molecule has 0 heterocycles. The van der Waals surface area contributed by atoms with E-state index in [1.807, 2.05) is 0 Å². The predicted octanol–water partition coefficient (Wildman–Crippen LogP) is 3.10. The number of Topliss-reactive ketones (excluding diaryl/α,β-unsaturated/α-hetero) is 1. The highest BCUT2D eigenvalue weighted by Gasteiger charge is 2.20. The third kappa shape index (κ3) is 3.39. The predicted molar refractivity (Wildman–Crippen MR) is 85.7 cm³/mol. The first-order valence-electron chi connectivity index (χ1n) is 6.75. The van der Waals surface area contributed by atoms with Gasteiger partial charge in [0.15, 0.2) is 5.75 Å². The van der Waals surface area contributed by atoms with Crippen LogP contribution in [0.4, 0.5) is 5.69 Å². The van der Waals surface area contributed by atoms with Crippen LogP contribution in [0, 0.1) is 21.4 Å². The molecule has 1 N–H and O–H groups in total. The molecule has 7 heteroatoms. The van der Waals surface area contributed by atoms with Crippen molar-refractivity contribution in [2.45, 2.75) is 0 Å². The number of nitro benzene ring substituents is 1. The van der Waals surface area contributed by atoms with Gasteiger partial charge in [-0.25, -0.2) is 0 Å². The first-order chi connectivity index (χ1) is 11.5. The standard InChI is InChI=1S/C17H12N2O5/c1-24-15-9-11(8-14(17(15)21)19(22)23)7-13(10-18)16(20)12-5-3-2-4-6-12/h2-9,21H,1H3/b13-7+. The fourth-order valence-corrected chi connectivity index (χ4v) is 2.05. The number of nitro groups is 1. The second-order valence-corrected chi connectivity index (χ2v) is 4.71. The van der Waals surface area contributed by atoms with Crippen LogP contribution < -0.4 is 4.74 Å². The van der Waals surface area contributed by atoms with Crippen molar-refractivity contribution in [1.82, 2.24) is 0 Å². The summed E-state index contributed by atoms with van der Waals surface area (Å²) in [5, 5.41) is 30.0. The van der Waals surface area contributed by atoms with E-state index in [-0.39, 0.29) is 16.9 Å². The number of ether oxygens (including phenoxy) is 1. The normalized spacial score (nSPS) is 10.8. The van der Waals surface area contributed by atoms with Crippen LogP contribution in [0.1, 0.15) is 15.9 Å². The molecule has 0 aromatic heterocycles. The average Bonchev–Trinajstić information content (AvgIpc) is 2.60. The van der Waals surface area contributed by atoms with Crippen molar-refractivity contribution in [3.05, 3.63) is 69.3 Å². The highest BCUT2D eigenvalue weighted by molar-refractivity contribution is 6.14. The summed E-state index contributed by atoms with van der Waals surface area (Å²) in [5.41, 5.74) is -0.254. The van der Waals surface area contributed by atoms with Crippen molar-refractivity contribution >= 4 is 17.5 Å².